The highest BCUT2D eigenvalue weighted by Gasteiger charge is 2.12. The van der Waals surface area contributed by atoms with Crippen LogP contribution < -0.4 is 0 Å². The van der Waals surface area contributed by atoms with Crippen LogP contribution in [0.1, 0.15) is 27.2 Å². The molecule has 3 atom stereocenters. The first-order valence-corrected chi connectivity index (χ1v) is 7.46. The van der Waals surface area contributed by atoms with Crippen molar-refractivity contribution >= 4 is 29.0 Å². The average Bonchev–Trinajstić information content (AvgIpc) is 1.85. The molecule has 0 spiro atoms. The van der Waals surface area contributed by atoms with E-state index in [0.717, 1.165) is 6.42 Å². The van der Waals surface area contributed by atoms with Crippen LogP contribution in [0.4, 0.5) is 0 Å². The third-order valence-corrected chi connectivity index (χ3v) is 5.22. The largest absolute Gasteiger partial charge is 0.298 e. The zero-order valence-corrected chi connectivity index (χ0v) is 9.13. The molecule has 0 aromatic heterocycles. The topological polar surface area (TPSA) is 17.1 Å². The number of rotatable bonds is 4. The molecule has 0 aromatic carbocycles. The zero-order valence-electron chi connectivity index (χ0n) is 6.56. The molecule has 0 aromatic rings. The molecule has 10 heavy (non-hydrogen) atoms. The second-order valence-corrected chi connectivity index (χ2v) is 7.42. The summed E-state index contributed by atoms with van der Waals surface area (Å²) in [5.41, 5.74) is 0. The molecule has 0 heterocycles. The highest BCUT2D eigenvalue weighted by Crippen LogP contribution is 2.47. The molecule has 0 saturated carbocycles. The van der Waals surface area contributed by atoms with Gasteiger partial charge in [-0.2, -0.15) is 0 Å². The fourth-order valence-electron chi connectivity index (χ4n) is 0.594. The second-order valence-electron chi connectivity index (χ2n) is 2.45. The van der Waals surface area contributed by atoms with Gasteiger partial charge >= 0.3 is 0 Å². The number of halogens is 1. The maximum atomic E-state index is 10.6. The minimum Gasteiger partial charge on any atom is -0.298 e. The van der Waals surface area contributed by atoms with Crippen LogP contribution in [-0.4, -0.2) is 5.25 Å². The van der Waals surface area contributed by atoms with Gasteiger partial charge in [0.05, 0.1) is 0 Å². The highest BCUT2D eigenvalue weighted by atomic mass is 35.7. The average molecular weight is 201 g/mol. The van der Waals surface area contributed by atoms with Crippen molar-refractivity contribution in [1.82, 2.24) is 0 Å². The van der Waals surface area contributed by atoms with Crippen molar-refractivity contribution in [3.8, 4) is 0 Å². The van der Waals surface area contributed by atoms with Crippen molar-refractivity contribution in [2.24, 2.45) is 5.92 Å². The lowest BCUT2D eigenvalue weighted by atomic mass is 10.1. The van der Waals surface area contributed by atoms with Crippen LogP contribution in [0.25, 0.3) is 0 Å². The van der Waals surface area contributed by atoms with Crippen molar-refractivity contribution in [3.05, 3.63) is 0 Å². The maximum Gasteiger partial charge on any atom is 0.210 e. The van der Waals surface area contributed by atoms with E-state index < -0.39 is 6.36 Å². The van der Waals surface area contributed by atoms with E-state index in [0.29, 0.717) is 11.2 Å². The normalized spacial score (nSPS) is 20.0. The Morgan fingerprint density at radius 2 is 2.10 bits per heavy atom. The minimum absolute atomic E-state index is 0.425. The molecule has 0 aliphatic heterocycles. The summed E-state index contributed by atoms with van der Waals surface area (Å²) in [6.07, 6.45) is -0.724. The van der Waals surface area contributed by atoms with Crippen LogP contribution in [0.2, 0.25) is 0 Å². The smallest absolute Gasteiger partial charge is 0.210 e. The van der Waals surface area contributed by atoms with Gasteiger partial charge < -0.3 is 0 Å². The number of hydrogen-bond donors (Lipinski definition) is 0. The van der Waals surface area contributed by atoms with Gasteiger partial charge in [-0.15, -0.1) is 0 Å². The molecule has 0 radical (unpaired) electrons. The first-order valence-electron chi connectivity index (χ1n) is 3.44. The van der Waals surface area contributed by atoms with Crippen LogP contribution in [-0.2, 0) is 4.57 Å². The van der Waals surface area contributed by atoms with Crippen LogP contribution in [0, 0.1) is 5.92 Å². The first-order chi connectivity index (χ1) is 4.57. The predicted octanol–water partition coefficient (Wildman–Crippen LogP) is 3.78. The molecule has 0 amide bonds. The summed E-state index contributed by atoms with van der Waals surface area (Å²) in [6, 6.07) is 0. The molecule has 0 fully saturated rings. The Labute approximate surface area is 72.2 Å². The lowest BCUT2D eigenvalue weighted by molar-refractivity contribution is 0.558. The Kier molecular flexibility index (Phi) is 5.99. The molecule has 0 bridgehead atoms. The molecule has 0 N–H and O–H groups in total. The first kappa shape index (κ1) is 10.9. The van der Waals surface area contributed by atoms with Gasteiger partial charge in [-0.05, 0) is 17.2 Å². The molecule has 1 nitrogen and oxygen atoms in total. The summed E-state index contributed by atoms with van der Waals surface area (Å²) < 4.78 is 10.6. The molecular weight excluding hydrogens is 187 g/mol. The van der Waals surface area contributed by atoms with Gasteiger partial charge in [-0.1, -0.05) is 38.6 Å². The van der Waals surface area contributed by atoms with Crippen molar-refractivity contribution in [3.63, 3.8) is 0 Å². The third kappa shape index (κ3) is 4.65. The molecule has 0 aliphatic carbocycles. The van der Waals surface area contributed by atoms with Gasteiger partial charge in [-0.25, -0.2) is 0 Å². The van der Waals surface area contributed by atoms with E-state index in [9.17, 15) is 4.57 Å². The molecule has 0 aliphatic rings. The van der Waals surface area contributed by atoms with Crippen molar-refractivity contribution < 1.29 is 4.57 Å². The molecular formula is C6H14ClOPS. The Morgan fingerprint density at radius 1 is 1.60 bits per heavy atom. The SMILES string of the molecule is CCC(C)C(C)S[PH](=O)Cl. The van der Waals surface area contributed by atoms with Crippen molar-refractivity contribution in [2.45, 2.75) is 32.4 Å². The minimum atomic E-state index is -1.85. The molecule has 3 unspecified atom stereocenters. The van der Waals surface area contributed by atoms with E-state index in [1.165, 1.54) is 11.4 Å². The molecule has 0 rings (SSSR count). The van der Waals surface area contributed by atoms with E-state index >= 15 is 0 Å². The van der Waals surface area contributed by atoms with Gasteiger partial charge in [0.15, 0.2) is 0 Å². The van der Waals surface area contributed by atoms with E-state index in [-0.39, 0.29) is 0 Å². The standard InChI is InChI=1S/C6H14ClOPS/c1-4-5(2)6(3)10-9(7)8/h5-6,9H,4H2,1-3H3. The van der Waals surface area contributed by atoms with Crippen molar-refractivity contribution in [1.29, 1.82) is 0 Å². The number of hydrogen-bond acceptors (Lipinski definition) is 2. The van der Waals surface area contributed by atoms with Gasteiger partial charge in [0.2, 0.25) is 6.36 Å². The van der Waals surface area contributed by atoms with E-state index in [2.05, 4.69) is 20.8 Å². The van der Waals surface area contributed by atoms with Gasteiger partial charge in [0.25, 0.3) is 0 Å². The summed E-state index contributed by atoms with van der Waals surface area (Å²) in [5, 5.41) is 0.425. The summed E-state index contributed by atoms with van der Waals surface area (Å²) in [6.45, 7) is 6.36. The summed E-state index contributed by atoms with van der Waals surface area (Å²) in [7, 11) is 0. The Hall–Kier alpha value is 0.870. The summed E-state index contributed by atoms with van der Waals surface area (Å²) in [5.74, 6) is 0.609. The quantitative estimate of drug-likeness (QED) is 0.643. The van der Waals surface area contributed by atoms with Gasteiger partial charge in [0, 0.05) is 5.25 Å². The predicted molar refractivity (Wildman–Crippen MR) is 51.4 cm³/mol. The molecule has 62 valence electrons. The van der Waals surface area contributed by atoms with Gasteiger partial charge in [0.1, 0.15) is 0 Å². The second kappa shape index (κ2) is 5.51. The zero-order chi connectivity index (χ0) is 8.15. The van der Waals surface area contributed by atoms with E-state index in [1.807, 2.05) is 0 Å². The lowest BCUT2D eigenvalue weighted by Gasteiger charge is -2.14. The van der Waals surface area contributed by atoms with Crippen LogP contribution in [0.15, 0.2) is 0 Å². The fraction of sp³-hybridized carbons (Fsp3) is 1.00. The summed E-state index contributed by atoms with van der Waals surface area (Å²) >= 11 is 6.78. The Morgan fingerprint density at radius 3 is 2.40 bits per heavy atom. The lowest BCUT2D eigenvalue weighted by Crippen LogP contribution is -2.06. The van der Waals surface area contributed by atoms with E-state index in [4.69, 9.17) is 11.2 Å². The highest BCUT2D eigenvalue weighted by molar-refractivity contribution is 8.58. The Balaban J connectivity index is 3.61. The third-order valence-electron chi connectivity index (χ3n) is 1.72. The molecule has 4 heteroatoms. The molecule has 0 saturated heterocycles. The monoisotopic (exact) mass is 200 g/mol. The van der Waals surface area contributed by atoms with Crippen molar-refractivity contribution in [2.75, 3.05) is 0 Å². The van der Waals surface area contributed by atoms with E-state index in [1.54, 1.807) is 0 Å². The van der Waals surface area contributed by atoms with Crippen LogP contribution in [0.5, 0.6) is 0 Å². The van der Waals surface area contributed by atoms with Crippen LogP contribution in [0.3, 0.4) is 0 Å². The van der Waals surface area contributed by atoms with Gasteiger partial charge in [-0.3, -0.25) is 4.57 Å². The Bertz CT molecular complexity index is 120. The van der Waals surface area contributed by atoms with Crippen LogP contribution >= 0.6 is 29.0 Å². The summed E-state index contributed by atoms with van der Waals surface area (Å²) in [4.78, 5) is 0. The maximum absolute atomic E-state index is 10.6. The fourth-order valence-corrected chi connectivity index (χ4v) is 4.15.